The minimum atomic E-state index is -3.83. The second kappa shape index (κ2) is 8.15. The van der Waals surface area contributed by atoms with E-state index in [4.69, 9.17) is 4.74 Å². The van der Waals surface area contributed by atoms with E-state index in [0.29, 0.717) is 29.0 Å². The van der Waals surface area contributed by atoms with Crippen LogP contribution in [0, 0.1) is 19.7 Å². The van der Waals surface area contributed by atoms with E-state index >= 15 is 0 Å². The van der Waals surface area contributed by atoms with Gasteiger partial charge in [-0.15, -0.1) is 0 Å². The monoisotopic (exact) mass is 439 g/mol. The molecule has 0 saturated carbocycles. The van der Waals surface area contributed by atoms with E-state index in [9.17, 15) is 12.8 Å². The summed E-state index contributed by atoms with van der Waals surface area (Å²) in [5, 5.41) is 0. The number of aromatic nitrogens is 4. The molecule has 31 heavy (non-hydrogen) atoms. The molecular weight excluding hydrogens is 421 g/mol. The molecule has 158 valence electrons. The fourth-order valence-corrected chi connectivity index (χ4v) is 3.92. The molecule has 0 saturated heterocycles. The molecule has 0 amide bonds. The van der Waals surface area contributed by atoms with Gasteiger partial charge in [-0.05, 0) is 62.4 Å². The van der Waals surface area contributed by atoms with E-state index in [-0.39, 0.29) is 4.90 Å². The zero-order valence-electron chi connectivity index (χ0n) is 16.7. The van der Waals surface area contributed by atoms with Gasteiger partial charge >= 0.3 is 0 Å². The third kappa shape index (κ3) is 4.69. The van der Waals surface area contributed by atoms with E-state index in [2.05, 4.69) is 19.7 Å². The Morgan fingerprint density at radius 1 is 1.00 bits per heavy atom. The molecule has 0 bridgehead atoms. The van der Waals surface area contributed by atoms with Crippen LogP contribution in [0.25, 0.3) is 5.82 Å². The summed E-state index contributed by atoms with van der Waals surface area (Å²) in [5.74, 6) is 2.24. The average Bonchev–Trinajstić information content (AvgIpc) is 3.15. The van der Waals surface area contributed by atoms with E-state index < -0.39 is 15.8 Å². The first-order valence-electron chi connectivity index (χ1n) is 9.22. The largest absolute Gasteiger partial charge is 0.439 e. The van der Waals surface area contributed by atoms with Crippen molar-refractivity contribution in [1.29, 1.82) is 0 Å². The summed E-state index contributed by atoms with van der Waals surface area (Å²) in [6, 6.07) is 12.6. The van der Waals surface area contributed by atoms with Gasteiger partial charge in [0, 0.05) is 24.1 Å². The van der Waals surface area contributed by atoms with Crippen molar-refractivity contribution in [1.82, 2.24) is 19.5 Å². The third-order valence-corrected chi connectivity index (χ3v) is 5.72. The van der Waals surface area contributed by atoms with Crippen molar-refractivity contribution in [3.05, 3.63) is 84.5 Å². The summed E-state index contributed by atoms with van der Waals surface area (Å²) in [4.78, 5) is 12.8. The number of hydrogen-bond acceptors (Lipinski definition) is 6. The van der Waals surface area contributed by atoms with Crippen molar-refractivity contribution >= 4 is 15.7 Å². The molecule has 0 fully saturated rings. The first kappa shape index (κ1) is 20.5. The number of halogens is 1. The predicted molar refractivity (Wildman–Crippen MR) is 112 cm³/mol. The highest BCUT2D eigenvalue weighted by molar-refractivity contribution is 7.92. The van der Waals surface area contributed by atoms with Gasteiger partial charge in [-0.3, -0.25) is 9.29 Å². The average molecular weight is 439 g/mol. The summed E-state index contributed by atoms with van der Waals surface area (Å²) >= 11 is 0. The van der Waals surface area contributed by atoms with Gasteiger partial charge in [0.2, 0.25) is 5.88 Å². The van der Waals surface area contributed by atoms with Crippen LogP contribution in [-0.2, 0) is 10.0 Å². The van der Waals surface area contributed by atoms with Crippen LogP contribution < -0.4 is 9.46 Å². The molecule has 0 aliphatic rings. The lowest BCUT2D eigenvalue weighted by Gasteiger charge is -2.11. The number of hydrogen-bond donors (Lipinski definition) is 1. The summed E-state index contributed by atoms with van der Waals surface area (Å²) in [6.07, 6.45) is 3.47. The van der Waals surface area contributed by atoms with Crippen LogP contribution in [0.15, 0.2) is 71.9 Å². The zero-order valence-corrected chi connectivity index (χ0v) is 17.5. The topological polar surface area (TPSA) is 99.0 Å². The van der Waals surface area contributed by atoms with Gasteiger partial charge in [0.15, 0.2) is 0 Å². The lowest BCUT2D eigenvalue weighted by atomic mass is 10.3. The molecule has 4 rings (SSSR count). The molecule has 0 aliphatic carbocycles. The van der Waals surface area contributed by atoms with Crippen LogP contribution in [0.1, 0.15) is 11.6 Å². The standard InChI is InChI=1S/C21H18FN5O3S/c1-14-24-20(27-12-11-23-15(27)2)13-21(25-14)30-18-7-5-17(6-8-18)26-31(28,29)19-9-3-16(22)4-10-19/h3-13,26H,1-2H3. The molecule has 0 unspecified atom stereocenters. The molecular formula is C21H18FN5O3S. The van der Waals surface area contributed by atoms with Crippen LogP contribution in [0.3, 0.4) is 0 Å². The molecule has 2 heterocycles. The maximum Gasteiger partial charge on any atom is 0.261 e. The van der Waals surface area contributed by atoms with E-state index in [1.807, 2.05) is 11.5 Å². The minimum Gasteiger partial charge on any atom is -0.439 e. The third-order valence-electron chi connectivity index (χ3n) is 4.33. The lowest BCUT2D eigenvalue weighted by Crippen LogP contribution is -2.12. The van der Waals surface area contributed by atoms with Gasteiger partial charge in [-0.2, -0.15) is 4.98 Å². The Kier molecular flexibility index (Phi) is 5.38. The number of nitrogens with one attached hydrogen (secondary N) is 1. The summed E-state index contributed by atoms with van der Waals surface area (Å²) in [5.41, 5.74) is 0.338. The van der Waals surface area contributed by atoms with Gasteiger partial charge in [-0.1, -0.05) is 0 Å². The highest BCUT2D eigenvalue weighted by atomic mass is 32.2. The van der Waals surface area contributed by atoms with Crippen molar-refractivity contribution in [3.63, 3.8) is 0 Å². The Bertz CT molecular complexity index is 1320. The maximum absolute atomic E-state index is 13.0. The molecule has 4 aromatic rings. The van der Waals surface area contributed by atoms with Gasteiger partial charge in [0.1, 0.15) is 29.0 Å². The number of benzene rings is 2. The highest BCUT2D eigenvalue weighted by Gasteiger charge is 2.14. The van der Waals surface area contributed by atoms with Crippen LogP contribution in [-0.4, -0.2) is 27.9 Å². The minimum absolute atomic E-state index is 0.0342. The smallest absolute Gasteiger partial charge is 0.261 e. The van der Waals surface area contributed by atoms with Crippen molar-refractivity contribution in [2.45, 2.75) is 18.7 Å². The molecule has 10 heteroatoms. The van der Waals surface area contributed by atoms with Gasteiger partial charge in [-0.25, -0.2) is 22.8 Å². The molecule has 8 nitrogen and oxygen atoms in total. The lowest BCUT2D eigenvalue weighted by molar-refractivity contribution is 0.459. The van der Waals surface area contributed by atoms with Gasteiger partial charge in [0.25, 0.3) is 10.0 Å². The summed E-state index contributed by atoms with van der Waals surface area (Å²) in [7, 11) is -3.83. The number of imidazole rings is 1. The Hall–Kier alpha value is -3.79. The van der Waals surface area contributed by atoms with Crippen LogP contribution >= 0.6 is 0 Å². The number of anilines is 1. The zero-order chi connectivity index (χ0) is 22.0. The van der Waals surface area contributed by atoms with E-state index in [1.54, 1.807) is 49.6 Å². The summed E-state index contributed by atoms with van der Waals surface area (Å²) < 4.78 is 47.9. The number of rotatable bonds is 6. The molecule has 0 atom stereocenters. The Balaban J connectivity index is 1.51. The van der Waals surface area contributed by atoms with Crippen molar-refractivity contribution in [2.24, 2.45) is 0 Å². The molecule has 0 radical (unpaired) electrons. The van der Waals surface area contributed by atoms with Crippen molar-refractivity contribution in [2.75, 3.05) is 4.72 Å². The van der Waals surface area contributed by atoms with Gasteiger partial charge < -0.3 is 4.74 Å². The van der Waals surface area contributed by atoms with E-state index in [0.717, 1.165) is 18.0 Å². The number of sulfonamides is 1. The molecule has 0 spiro atoms. The Morgan fingerprint density at radius 2 is 1.71 bits per heavy atom. The van der Waals surface area contributed by atoms with Crippen molar-refractivity contribution in [3.8, 4) is 17.4 Å². The molecule has 2 aromatic carbocycles. The quantitative estimate of drug-likeness (QED) is 0.487. The van der Waals surface area contributed by atoms with Crippen LogP contribution in [0.4, 0.5) is 10.1 Å². The fourth-order valence-electron chi connectivity index (χ4n) is 2.86. The Labute approximate surface area is 178 Å². The van der Waals surface area contributed by atoms with Crippen LogP contribution in [0.5, 0.6) is 11.6 Å². The second-order valence-corrected chi connectivity index (χ2v) is 8.32. The van der Waals surface area contributed by atoms with Crippen molar-refractivity contribution < 1.29 is 17.5 Å². The first-order chi connectivity index (χ1) is 14.8. The first-order valence-corrected chi connectivity index (χ1v) is 10.7. The maximum atomic E-state index is 13.0. The number of ether oxygens (including phenoxy) is 1. The molecule has 0 aliphatic heterocycles. The number of nitrogens with zero attached hydrogens (tertiary/aromatic N) is 4. The summed E-state index contributed by atoms with van der Waals surface area (Å²) in [6.45, 7) is 3.62. The SMILES string of the molecule is Cc1nc(Oc2ccc(NS(=O)(=O)c3ccc(F)cc3)cc2)cc(-n2ccnc2C)n1. The highest BCUT2D eigenvalue weighted by Crippen LogP contribution is 2.24. The fraction of sp³-hybridized carbons (Fsp3) is 0.0952. The predicted octanol–water partition coefficient (Wildman–Crippen LogP) is 4.01. The van der Waals surface area contributed by atoms with Gasteiger partial charge in [0.05, 0.1) is 4.90 Å². The normalized spacial score (nSPS) is 11.3. The molecule has 1 N–H and O–H groups in total. The van der Waals surface area contributed by atoms with E-state index in [1.165, 1.54) is 12.1 Å². The Morgan fingerprint density at radius 3 is 2.35 bits per heavy atom. The van der Waals surface area contributed by atoms with Crippen LogP contribution in [0.2, 0.25) is 0 Å². The number of aryl methyl sites for hydroxylation is 2. The second-order valence-electron chi connectivity index (χ2n) is 6.64. The molecule has 2 aromatic heterocycles.